The lowest BCUT2D eigenvalue weighted by molar-refractivity contribution is 0.585. The van der Waals surface area contributed by atoms with Crippen LogP contribution in [0.3, 0.4) is 0 Å². The van der Waals surface area contributed by atoms with E-state index in [0.717, 1.165) is 16.5 Å². The number of aromatic nitrogens is 4. The van der Waals surface area contributed by atoms with E-state index in [1.54, 1.807) is 0 Å². The fraction of sp³-hybridized carbons (Fsp3) is 0.286. The number of aromatic amines is 2. The number of nitrogens with zero attached hydrogens (tertiary/aromatic N) is 3. The van der Waals surface area contributed by atoms with Crippen LogP contribution in [0.4, 0.5) is 5.95 Å². The average molecular weight is 317 g/mol. The first-order chi connectivity index (χ1) is 10.6. The van der Waals surface area contributed by atoms with Crippen LogP contribution < -0.4 is 4.90 Å². The van der Waals surface area contributed by atoms with Crippen LogP contribution in [0.25, 0.3) is 22.3 Å². The summed E-state index contributed by atoms with van der Waals surface area (Å²) in [4.78, 5) is 9.62. The van der Waals surface area contributed by atoms with Crippen LogP contribution in [0.5, 0.6) is 0 Å². The molecule has 0 aliphatic carbocycles. The van der Waals surface area contributed by atoms with E-state index in [9.17, 15) is 8.42 Å². The van der Waals surface area contributed by atoms with Gasteiger partial charge in [-0.1, -0.05) is 18.2 Å². The molecule has 0 unspecified atom stereocenters. The van der Waals surface area contributed by atoms with Crippen molar-refractivity contribution in [3.05, 3.63) is 30.5 Å². The first kappa shape index (κ1) is 13.3. The Morgan fingerprint density at radius 3 is 2.73 bits per heavy atom. The third-order valence-electron chi connectivity index (χ3n) is 3.95. The first-order valence-corrected chi connectivity index (χ1v) is 8.89. The zero-order chi connectivity index (χ0) is 15.2. The summed E-state index contributed by atoms with van der Waals surface area (Å²) in [5.74, 6) is 1.55. The Hall–Kier alpha value is -2.35. The number of nitrogens with one attached hydrogen (secondary N) is 2. The zero-order valence-corrected chi connectivity index (χ0v) is 12.6. The predicted octanol–water partition coefficient (Wildman–Crippen LogP) is 1.19. The molecule has 1 aliphatic rings. The molecule has 4 rings (SSSR count). The summed E-state index contributed by atoms with van der Waals surface area (Å²) in [6.45, 7) is 0.876. The quantitative estimate of drug-likeness (QED) is 0.740. The standard InChI is InChI=1S/C14H15N5O2S/c20-22(21)7-5-19(6-8-22)14-16-13(17-18-14)11-9-15-12-4-2-1-3-10(11)12/h1-4,9,15H,5-8H2,(H,16,17,18). The molecule has 1 aromatic carbocycles. The van der Waals surface area contributed by atoms with Gasteiger partial charge in [0.1, 0.15) is 0 Å². The summed E-state index contributed by atoms with van der Waals surface area (Å²) in [6.07, 6.45) is 1.90. The summed E-state index contributed by atoms with van der Waals surface area (Å²) < 4.78 is 23.0. The van der Waals surface area contributed by atoms with Crippen LogP contribution in [0, 0.1) is 0 Å². The second-order valence-electron chi connectivity index (χ2n) is 5.37. The molecule has 114 valence electrons. The van der Waals surface area contributed by atoms with Crippen LogP contribution in [0.2, 0.25) is 0 Å². The Labute approximate surface area is 127 Å². The van der Waals surface area contributed by atoms with E-state index in [4.69, 9.17) is 0 Å². The molecule has 0 radical (unpaired) electrons. The highest BCUT2D eigenvalue weighted by Gasteiger charge is 2.24. The van der Waals surface area contributed by atoms with Crippen molar-refractivity contribution in [1.82, 2.24) is 20.2 Å². The summed E-state index contributed by atoms with van der Waals surface area (Å²) in [6, 6.07) is 7.98. The van der Waals surface area contributed by atoms with E-state index >= 15 is 0 Å². The van der Waals surface area contributed by atoms with Gasteiger partial charge in [-0.2, -0.15) is 4.98 Å². The molecule has 1 aliphatic heterocycles. The van der Waals surface area contributed by atoms with E-state index in [1.807, 2.05) is 35.4 Å². The Morgan fingerprint density at radius 2 is 1.91 bits per heavy atom. The maximum atomic E-state index is 11.5. The summed E-state index contributed by atoms with van der Waals surface area (Å²) >= 11 is 0. The lowest BCUT2D eigenvalue weighted by Gasteiger charge is -2.25. The third kappa shape index (κ3) is 2.25. The number of hydrogen-bond donors (Lipinski definition) is 2. The molecule has 0 bridgehead atoms. The number of hydrogen-bond acceptors (Lipinski definition) is 5. The lowest BCUT2D eigenvalue weighted by Crippen LogP contribution is -2.40. The molecule has 1 saturated heterocycles. The van der Waals surface area contributed by atoms with Crippen LogP contribution in [-0.4, -0.2) is 53.2 Å². The van der Waals surface area contributed by atoms with Crippen LogP contribution in [0.15, 0.2) is 30.5 Å². The predicted molar refractivity (Wildman–Crippen MR) is 84.5 cm³/mol. The van der Waals surface area contributed by atoms with Crippen molar-refractivity contribution < 1.29 is 8.42 Å². The minimum Gasteiger partial charge on any atom is -0.360 e. The first-order valence-electron chi connectivity index (χ1n) is 7.07. The third-order valence-corrected chi connectivity index (χ3v) is 5.55. The fourth-order valence-corrected chi connectivity index (χ4v) is 3.90. The van der Waals surface area contributed by atoms with Gasteiger partial charge in [0, 0.05) is 35.8 Å². The topological polar surface area (TPSA) is 94.7 Å². The Balaban J connectivity index is 1.64. The van der Waals surface area contributed by atoms with Crippen molar-refractivity contribution in [3.8, 4) is 11.4 Å². The average Bonchev–Trinajstić information content (AvgIpc) is 3.13. The zero-order valence-electron chi connectivity index (χ0n) is 11.8. The molecule has 3 heterocycles. The van der Waals surface area contributed by atoms with Crippen molar-refractivity contribution >= 4 is 26.7 Å². The molecule has 0 atom stereocenters. The molecule has 0 spiro atoms. The van der Waals surface area contributed by atoms with Gasteiger partial charge < -0.3 is 9.88 Å². The van der Waals surface area contributed by atoms with Crippen LogP contribution in [0.1, 0.15) is 0 Å². The number of anilines is 1. The van der Waals surface area contributed by atoms with Crippen molar-refractivity contribution in [2.24, 2.45) is 0 Å². The minimum atomic E-state index is -2.90. The van der Waals surface area contributed by atoms with Gasteiger partial charge in [0.15, 0.2) is 15.7 Å². The number of benzene rings is 1. The van der Waals surface area contributed by atoms with E-state index < -0.39 is 9.84 Å². The lowest BCUT2D eigenvalue weighted by atomic mass is 10.2. The van der Waals surface area contributed by atoms with Gasteiger partial charge in [0.25, 0.3) is 0 Å². The van der Waals surface area contributed by atoms with Gasteiger partial charge in [-0.25, -0.2) is 8.42 Å². The smallest absolute Gasteiger partial charge is 0.245 e. The van der Waals surface area contributed by atoms with Crippen LogP contribution >= 0.6 is 0 Å². The highest BCUT2D eigenvalue weighted by Crippen LogP contribution is 2.27. The molecule has 3 aromatic rings. The molecular weight excluding hydrogens is 302 g/mol. The molecule has 0 amide bonds. The summed E-state index contributed by atoms with van der Waals surface area (Å²) in [7, 11) is -2.90. The minimum absolute atomic E-state index is 0.157. The molecule has 0 saturated carbocycles. The highest BCUT2D eigenvalue weighted by molar-refractivity contribution is 7.91. The van der Waals surface area contributed by atoms with Crippen molar-refractivity contribution in [1.29, 1.82) is 0 Å². The maximum absolute atomic E-state index is 11.5. The Morgan fingerprint density at radius 1 is 1.14 bits per heavy atom. The Bertz CT molecular complexity index is 914. The SMILES string of the molecule is O=S1(=O)CCN(c2n[nH]c(-c3c[nH]c4ccccc34)n2)CC1. The van der Waals surface area contributed by atoms with Crippen LogP contribution in [-0.2, 0) is 9.84 Å². The molecule has 1 fully saturated rings. The van der Waals surface area contributed by atoms with Crippen molar-refractivity contribution in [2.75, 3.05) is 29.5 Å². The van der Waals surface area contributed by atoms with Gasteiger partial charge in [-0.05, 0) is 6.07 Å². The summed E-state index contributed by atoms with van der Waals surface area (Å²) in [5.41, 5.74) is 2.00. The van der Waals surface area contributed by atoms with E-state index in [-0.39, 0.29) is 11.5 Å². The Kier molecular flexibility index (Phi) is 2.93. The molecule has 2 aromatic heterocycles. The van der Waals surface area contributed by atoms with Gasteiger partial charge in [-0.15, -0.1) is 5.10 Å². The number of sulfone groups is 1. The fourth-order valence-electron chi connectivity index (χ4n) is 2.69. The van der Waals surface area contributed by atoms with E-state index in [0.29, 0.717) is 24.9 Å². The van der Waals surface area contributed by atoms with Gasteiger partial charge in [-0.3, -0.25) is 5.10 Å². The van der Waals surface area contributed by atoms with Gasteiger partial charge >= 0.3 is 0 Å². The normalized spacial score (nSPS) is 17.9. The highest BCUT2D eigenvalue weighted by atomic mass is 32.2. The van der Waals surface area contributed by atoms with E-state index in [1.165, 1.54) is 0 Å². The number of fused-ring (bicyclic) bond motifs is 1. The van der Waals surface area contributed by atoms with E-state index in [2.05, 4.69) is 20.2 Å². The van der Waals surface area contributed by atoms with Gasteiger partial charge in [0.05, 0.1) is 11.5 Å². The second kappa shape index (κ2) is 4.84. The maximum Gasteiger partial charge on any atom is 0.245 e. The van der Waals surface area contributed by atoms with Gasteiger partial charge in [0.2, 0.25) is 5.95 Å². The number of rotatable bonds is 2. The van der Waals surface area contributed by atoms with Crippen molar-refractivity contribution in [3.63, 3.8) is 0 Å². The largest absolute Gasteiger partial charge is 0.360 e. The monoisotopic (exact) mass is 317 g/mol. The molecule has 8 heteroatoms. The summed E-state index contributed by atoms with van der Waals surface area (Å²) in [5, 5.41) is 8.25. The molecule has 22 heavy (non-hydrogen) atoms. The molecule has 2 N–H and O–H groups in total. The molecular formula is C14H15N5O2S. The number of H-pyrrole nitrogens is 2. The number of para-hydroxylation sites is 1. The second-order valence-corrected chi connectivity index (χ2v) is 7.67. The van der Waals surface area contributed by atoms with Crippen molar-refractivity contribution in [2.45, 2.75) is 0 Å². The molecule has 7 nitrogen and oxygen atoms in total.